The minimum absolute atomic E-state index is 0.00765. The van der Waals surface area contributed by atoms with Gasteiger partial charge in [0.2, 0.25) is 11.8 Å². The Hall–Kier alpha value is -2.11. The van der Waals surface area contributed by atoms with Crippen molar-refractivity contribution in [3.05, 3.63) is 30.1 Å². The van der Waals surface area contributed by atoms with Crippen molar-refractivity contribution in [2.75, 3.05) is 19.7 Å². The monoisotopic (exact) mass is 350 g/mol. The summed E-state index contributed by atoms with van der Waals surface area (Å²) in [5.74, 6) is 0.507. The smallest absolute Gasteiger partial charge is 0.223 e. The summed E-state index contributed by atoms with van der Waals surface area (Å²) in [4.78, 5) is 26.1. The second-order valence-corrected chi connectivity index (χ2v) is 6.72. The van der Waals surface area contributed by atoms with E-state index in [2.05, 4.69) is 5.32 Å². The molecule has 138 valence electrons. The molecule has 2 amide bonds. The molecule has 1 heterocycles. The molecule has 1 aliphatic heterocycles. The van der Waals surface area contributed by atoms with Crippen molar-refractivity contribution in [3.8, 4) is 5.75 Å². The van der Waals surface area contributed by atoms with Gasteiger partial charge >= 0.3 is 0 Å². The van der Waals surface area contributed by atoms with Crippen molar-refractivity contribution in [3.63, 3.8) is 0 Å². The molecule has 6 heteroatoms. The number of benzene rings is 1. The molecule has 5 nitrogen and oxygen atoms in total. The summed E-state index contributed by atoms with van der Waals surface area (Å²) < 4.78 is 18.3. The van der Waals surface area contributed by atoms with Gasteiger partial charge in [-0.05, 0) is 57.4 Å². The highest BCUT2D eigenvalue weighted by atomic mass is 19.1. The van der Waals surface area contributed by atoms with Gasteiger partial charge in [0, 0.05) is 31.5 Å². The van der Waals surface area contributed by atoms with E-state index in [4.69, 9.17) is 4.74 Å². The summed E-state index contributed by atoms with van der Waals surface area (Å²) in [7, 11) is 0. The van der Waals surface area contributed by atoms with Crippen LogP contribution in [0.1, 0.15) is 39.5 Å². The number of likely N-dealkylation sites (tertiary alicyclic amines) is 1. The predicted molar refractivity (Wildman–Crippen MR) is 93.7 cm³/mol. The van der Waals surface area contributed by atoms with E-state index in [-0.39, 0.29) is 29.6 Å². The number of carbonyl (C=O) groups excluding carboxylic acids is 2. The summed E-state index contributed by atoms with van der Waals surface area (Å²) in [5, 5.41) is 2.94. The van der Waals surface area contributed by atoms with Gasteiger partial charge in [-0.2, -0.15) is 0 Å². The van der Waals surface area contributed by atoms with Crippen molar-refractivity contribution < 1.29 is 18.7 Å². The first-order valence-electron chi connectivity index (χ1n) is 8.92. The molecule has 1 aliphatic rings. The van der Waals surface area contributed by atoms with Crippen LogP contribution in [0.15, 0.2) is 24.3 Å². The van der Waals surface area contributed by atoms with Crippen LogP contribution in [0.25, 0.3) is 0 Å². The van der Waals surface area contributed by atoms with Crippen LogP contribution in [0.4, 0.5) is 4.39 Å². The van der Waals surface area contributed by atoms with Gasteiger partial charge in [-0.1, -0.05) is 0 Å². The number of nitrogens with zero attached hydrogens (tertiary/aromatic N) is 1. The maximum Gasteiger partial charge on any atom is 0.223 e. The second-order valence-electron chi connectivity index (χ2n) is 6.72. The van der Waals surface area contributed by atoms with Crippen LogP contribution in [-0.4, -0.2) is 42.5 Å². The summed E-state index contributed by atoms with van der Waals surface area (Å²) in [5.41, 5.74) is 0. The average Bonchev–Trinajstić information content (AvgIpc) is 2.59. The molecule has 0 unspecified atom stereocenters. The fraction of sp³-hybridized carbons (Fsp3) is 0.579. The van der Waals surface area contributed by atoms with Gasteiger partial charge < -0.3 is 15.0 Å². The third-order valence-corrected chi connectivity index (χ3v) is 4.27. The van der Waals surface area contributed by atoms with E-state index < -0.39 is 0 Å². The molecule has 0 radical (unpaired) electrons. The highest BCUT2D eigenvalue weighted by molar-refractivity contribution is 5.80. The van der Waals surface area contributed by atoms with Gasteiger partial charge in [0.05, 0.1) is 6.61 Å². The van der Waals surface area contributed by atoms with E-state index in [0.29, 0.717) is 38.3 Å². The lowest BCUT2D eigenvalue weighted by Crippen LogP contribution is -2.44. The third-order valence-electron chi connectivity index (χ3n) is 4.27. The van der Waals surface area contributed by atoms with E-state index in [1.165, 1.54) is 12.1 Å². The first-order chi connectivity index (χ1) is 12.0. The fourth-order valence-electron chi connectivity index (χ4n) is 2.90. The Balaban J connectivity index is 1.63. The molecular formula is C19H27FN2O3. The van der Waals surface area contributed by atoms with Crippen LogP contribution < -0.4 is 10.1 Å². The Kier molecular flexibility index (Phi) is 7.22. The summed E-state index contributed by atoms with van der Waals surface area (Å²) in [6.07, 6.45) is 2.47. The zero-order valence-corrected chi connectivity index (χ0v) is 15.0. The van der Waals surface area contributed by atoms with Crippen molar-refractivity contribution in [1.82, 2.24) is 10.2 Å². The lowest BCUT2D eigenvalue weighted by atomic mass is 9.95. The molecule has 1 saturated heterocycles. The predicted octanol–water partition coefficient (Wildman–Crippen LogP) is 2.75. The molecule has 1 aromatic rings. The fourth-order valence-corrected chi connectivity index (χ4v) is 2.90. The Morgan fingerprint density at radius 1 is 1.24 bits per heavy atom. The number of halogens is 1. The van der Waals surface area contributed by atoms with Crippen LogP contribution in [0, 0.1) is 11.7 Å². The number of hydrogen-bond donors (Lipinski definition) is 1. The van der Waals surface area contributed by atoms with Gasteiger partial charge in [-0.3, -0.25) is 9.59 Å². The van der Waals surface area contributed by atoms with Gasteiger partial charge in [0.15, 0.2) is 0 Å². The molecule has 0 aromatic heterocycles. The number of carbonyl (C=O) groups is 2. The SMILES string of the molecule is CC(C)NC(=O)C1CCN(C(=O)CCCOc2ccc(F)cc2)CC1. The van der Waals surface area contributed by atoms with Crippen molar-refractivity contribution >= 4 is 11.8 Å². The molecule has 0 spiro atoms. The number of rotatable bonds is 7. The van der Waals surface area contributed by atoms with Crippen LogP contribution in [0.5, 0.6) is 5.75 Å². The van der Waals surface area contributed by atoms with Crippen molar-refractivity contribution in [1.29, 1.82) is 0 Å². The molecule has 0 saturated carbocycles. The zero-order valence-electron chi connectivity index (χ0n) is 15.0. The van der Waals surface area contributed by atoms with E-state index >= 15 is 0 Å². The molecule has 0 aliphatic carbocycles. The molecule has 0 bridgehead atoms. The Bertz CT molecular complexity index is 567. The van der Waals surface area contributed by atoms with Crippen LogP contribution in [0.2, 0.25) is 0 Å². The average molecular weight is 350 g/mol. The van der Waals surface area contributed by atoms with Crippen LogP contribution >= 0.6 is 0 Å². The van der Waals surface area contributed by atoms with Gasteiger partial charge in [-0.25, -0.2) is 4.39 Å². The van der Waals surface area contributed by atoms with Crippen molar-refractivity contribution in [2.24, 2.45) is 5.92 Å². The van der Waals surface area contributed by atoms with Gasteiger partial charge in [0.25, 0.3) is 0 Å². The lowest BCUT2D eigenvalue weighted by molar-refractivity contribution is -0.136. The first-order valence-corrected chi connectivity index (χ1v) is 8.92. The standard InChI is InChI=1S/C19H27FN2O3/c1-14(2)21-19(24)15-9-11-22(12-10-15)18(23)4-3-13-25-17-7-5-16(20)6-8-17/h5-8,14-15H,3-4,9-13H2,1-2H3,(H,21,24). The molecule has 2 rings (SSSR count). The van der Waals surface area contributed by atoms with E-state index in [9.17, 15) is 14.0 Å². The number of ether oxygens (including phenoxy) is 1. The minimum Gasteiger partial charge on any atom is -0.494 e. The molecular weight excluding hydrogens is 323 g/mol. The molecule has 1 aromatic carbocycles. The lowest BCUT2D eigenvalue weighted by Gasteiger charge is -2.31. The van der Waals surface area contributed by atoms with Crippen LogP contribution in [-0.2, 0) is 9.59 Å². The molecule has 1 fully saturated rings. The minimum atomic E-state index is -0.298. The Morgan fingerprint density at radius 3 is 2.48 bits per heavy atom. The third kappa shape index (κ3) is 6.36. The van der Waals surface area contributed by atoms with E-state index in [0.717, 1.165) is 12.8 Å². The summed E-state index contributed by atoms with van der Waals surface area (Å²) >= 11 is 0. The summed E-state index contributed by atoms with van der Waals surface area (Å²) in [6, 6.07) is 5.99. The van der Waals surface area contributed by atoms with Gasteiger partial charge in [0.1, 0.15) is 11.6 Å². The Morgan fingerprint density at radius 2 is 1.88 bits per heavy atom. The van der Waals surface area contributed by atoms with Gasteiger partial charge in [-0.15, -0.1) is 0 Å². The highest BCUT2D eigenvalue weighted by Gasteiger charge is 2.27. The Labute approximate surface area is 148 Å². The molecule has 25 heavy (non-hydrogen) atoms. The number of nitrogens with one attached hydrogen (secondary N) is 1. The number of hydrogen-bond acceptors (Lipinski definition) is 3. The largest absolute Gasteiger partial charge is 0.494 e. The maximum atomic E-state index is 12.8. The van der Waals surface area contributed by atoms with Crippen molar-refractivity contribution in [2.45, 2.75) is 45.6 Å². The number of piperidine rings is 1. The second kappa shape index (κ2) is 9.39. The number of amides is 2. The highest BCUT2D eigenvalue weighted by Crippen LogP contribution is 2.19. The normalized spacial score (nSPS) is 15.3. The zero-order chi connectivity index (χ0) is 18.2. The van der Waals surface area contributed by atoms with E-state index in [1.54, 1.807) is 12.1 Å². The topological polar surface area (TPSA) is 58.6 Å². The first kappa shape index (κ1) is 19.2. The molecule has 0 atom stereocenters. The maximum absolute atomic E-state index is 12.8. The quantitative estimate of drug-likeness (QED) is 0.769. The molecule has 1 N–H and O–H groups in total. The summed E-state index contributed by atoms with van der Waals surface area (Å²) in [6.45, 7) is 5.58. The van der Waals surface area contributed by atoms with E-state index in [1.807, 2.05) is 18.7 Å². The van der Waals surface area contributed by atoms with Crippen LogP contribution in [0.3, 0.4) is 0 Å².